The zero-order chi connectivity index (χ0) is 12.3. The quantitative estimate of drug-likeness (QED) is 0.751. The summed E-state index contributed by atoms with van der Waals surface area (Å²) in [6.07, 6.45) is 5.24. The van der Waals surface area contributed by atoms with Gasteiger partial charge in [0, 0.05) is 23.0 Å². The number of nitrogens with zero attached hydrogens (tertiary/aromatic N) is 1. The van der Waals surface area contributed by atoms with Crippen LogP contribution < -0.4 is 0 Å². The van der Waals surface area contributed by atoms with Crippen molar-refractivity contribution in [1.29, 1.82) is 0 Å². The highest BCUT2D eigenvalue weighted by atomic mass is 16.3. The van der Waals surface area contributed by atoms with Crippen molar-refractivity contribution in [3.8, 4) is 17.4 Å². The Hall–Kier alpha value is -2.16. The molecule has 3 heteroatoms. The number of rotatable bonds is 1. The summed E-state index contributed by atoms with van der Waals surface area (Å²) >= 11 is 0. The molecule has 0 fully saturated rings. The Morgan fingerprint density at radius 1 is 0.889 bits per heavy atom. The van der Waals surface area contributed by atoms with Crippen molar-refractivity contribution in [3.63, 3.8) is 0 Å². The number of aromatic hydroxyl groups is 2. The van der Waals surface area contributed by atoms with E-state index in [1.807, 2.05) is 30.3 Å². The lowest BCUT2D eigenvalue weighted by molar-refractivity contribution is 0.395. The third-order valence-corrected chi connectivity index (χ3v) is 4.04. The maximum absolute atomic E-state index is 10.4. The summed E-state index contributed by atoms with van der Waals surface area (Å²) in [5, 5.41) is 20.8. The minimum atomic E-state index is 0.186. The van der Waals surface area contributed by atoms with Crippen LogP contribution in [0.1, 0.15) is 29.4 Å². The number of benzene rings is 1. The Bertz CT molecular complexity index is 619. The smallest absolute Gasteiger partial charge is 0.202 e. The van der Waals surface area contributed by atoms with E-state index in [9.17, 15) is 10.2 Å². The Kier molecular flexibility index (Phi) is 1.74. The van der Waals surface area contributed by atoms with E-state index < -0.39 is 0 Å². The molecule has 0 unspecified atom stereocenters. The first-order valence-electron chi connectivity index (χ1n) is 6.17. The summed E-state index contributed by atoms with van der Waals surface area (Å²) in [5.74, 6) is 0.901. The van der Waals surface area contributed by atoms with Crippen LogP contribution in [-0.4, -0.2) is 14.8 Å². The molecule has 2 aliphatic rings. The van der Waals surface area contributed by atoms with E-state index in [1.54, 1.807) is 0 Å². The van der Waals surface area contributed by atoms with Gasteiger partial charge in [0.15, 0.2) is 0 Å². The molecule has 2 bridgehead atoms. The highest BCUT2D eigenvalue weighted by Crippen LogP contribution is 2.57. The number of allylic oxidation sites excluding steroid dienone is 2. The SMILES string of the molecule is Oc1c2c(c(O)n1-c1ccccc1)[C@H]1C=C[C@@H]2C1. The first kappa shape index (κ1) is 9.83. The van der Waals surface area contributed by atoms with E-state index in [2.05, 4.69) is 12.2 Å². The van der Waals surface area contributed by atoms with Crippen molar-refractivity contribution in [1.82, 2.24) is 4.57 Å². The van der Waals surface area contributed by atoms with E-state index in [0.29, 0.717) is 0 Å². The van der Waals surface area contributed by atoms with Crippen molar-refractivity contribution in [3.05, 3.63) is 53.6 Å². The average Bonchev–Trinajstić information content (AvgIpc) is 3.05. The lowest BCUT2D eigenvalue weighted by Crippen LogP contribution is -1.94. The number of hydrogen-bond donors (Lipinski definition) is 2. The van der Waals surface area contributed by atoms with Gasteiger partial charge in [-0.25, -0.2) is 0 Å². The fraction of sp³-hybridized carbons (Fsp3) is 0.200. The molecule has 2 N–H and O–H groups in total. The predicted molar refractivity (Wildman–Crippen MR) is 68.3 cm³/mol. The maximum Gasteiger partial charge on any atom is 0.202 e. The number of hydrogen-bond acceptors (Lipinski definition) is 2. The molecule has 2 aromatic rings. The van der Waals surface area contributed by atoms with Crippen molar-refractivity contribution in [2.75, 3.05) is 0 Å². The van der Waals surface area contributed by atoms with Crippen molar-refractivity contribution in [2.45, 2.75) is 18.3 Å². The Balaban J connectivity index is 1.98. The van der Waals surface area contributed by atoms with E-state index >= 15 is 0 Å². The number of aromatic nitrogens is 1. The van der Waals surface area contributed by atoms with Crippen LogP contribution in [-0.2, 0) is 0 Å². The second-order valence-electron chi connectivity index (χ2n) is 4.98. The summed E-state index contributed by atoms with van der Waals surface area (Å²) in [5.41, 5.74) is 2.61. The summed E-state index contributed by atoms with van der Waals surface area (Å²) < 4.78 is 1.54. The minimum absolute atomic E-state index is 0.186. The molecule has 3 nitrogen and oxygen atoms in total. The highest BCUT2D eigenvalue weighted by molar-refractivity contribution is 5.62. The molecular formula is C15H13NO2. The molecule has 2 atom stereocenters. The topological polar surface area (TPSA) is 45.4 Å². The average molecular weight is 239 g/mol. The van der Waals surface area contributed by atoms with Crippen molar-refractivity contribution in [2.24, 2.45) is 0 Å². The molecule has 2 aliphatic carbocycles. The fourth-order valence-electron chi connectivity index (χ4n) is 3.26. The van der Waals surface area contributed by atoms with Gasteiger partial charge in [-0.2, -0.15) is 0 Å². The normalized spacial score (nSPS) is 23.6. The van der Waals surface area contributed by atoms with E-state index in [4.69, 9.17) is 0 Å². The molecule has 1 heterocycles. The van der Waals surface area contributed by atoms with Gasteiger partial charge in [0.1, 0.15) is 0 Å². The zero-order valence-electron chi connectivity index (χ0n) is 9.74. The molecule has 0 aliphatic heterocycles. The second kappa shape index (κ2) is 3.19. The van der Waals surface area contributed by atoms with Crippen LogP contribution in [0.25, 0.3) is 5.69 Å². The van der Waals surface area contributed by atoms with Gasteiger partial charge < -0.3 is 10.2 Å². The summed E-state index contributed by atoms with van der Waals surface area (Å²) in [7, 11) is 0. The first-order valence-corrected chi connectivity index (χ1v) is 6.17. The van der Waals surface area contributed by atoms with Crippen LogP contribution in [0.15, 0.2) is 42.5 Å². The van der Waals surface area contributed by atoms with Gasteiger partial charge in [0.25, 0.3) is 0 Å². The van der Waals surface area contributed by atoms with Gasteiger partial charge in [-0.3, -0.25) is 4.57 Å². The first-order chi connectivity index (χ1) is 8.77. The van der Waals surface area contributed by atoms with Crippen LogP contribution in [0.5, 0.6) is 11.8 Å². The van der Waals surface area contributed by atoms with Gasteiger partial charge in [-0.05, 0) is 18.6 Å². The van der Waals surface area contributed by atoms with E-state index in [-0.39, 0.29) is 23.6 Å². The molecule has 0 saturated carbocycles. The van der Waals surface area contributed by atoms with Gasteiger partial charge in [-0.1, -0.05) is 30.4 Å². The molecule has 1 aromatic carbocycles. The van der Waals surface area contributed by atoms with Crippen molar-refractivity contribution >= 4 is 0 Å². The monoisotopic (exact) mass is 239 g/mol. The third-order valence-electron chi connectivity index (χ3n) is 4.04. The standard InChI is InChI=1S/C15H13NO2/c17-14-12-9-6-7-10(8-9)13(12)15(18)16(14)11-4-2-1-3-5-11/h1-7,9-10,17-18H,8H2/t9-,10+. The summed E-state index contributed by atoms with van der Waals surface area (Å²) in [6, 6.07) is 9.46. The lowest BCUT2D eigenvalue weighted by atomic mass is 10.0. The molecule has 0 amide bonds. The maximum atomic E-state index is 10.4. The largest absolute Gasteiger partial charge is 0.494 e. The zero-order valence-corrected chi connectivity index (χ0v) is 9.74. The highest BCUT2D eigenvalue weighted by Gasteiger charge is 2.41. The van der Waals surface area contributed by atoms with Crippen LogP contribution in [0, 0.1) is 0 Å². The third kappa shape index (κ3) is 1.04. The molecule has 18 heavy (non-hydrogen) atoms. The Morgan fingerprint density at radius 3 is 2.00 bits per heavy atom. The van der Waals surface area contributed by atoms with Crippen LogP contribution >= 0.6 is 0 Å². The molecule has 90 valence electrons. The predicted octanol–water partition coefficient (Wildman–Crippen LogP) is 3.03. The van der Waals surface area contributed by atoms with E-state index in [1.165, 1.54) is 4.57 Å². The van der Waals surface area contributed by atoms with Gasteiger partial charge in [-0.15, -0.1) is 0 Å². The van der Waals surface area contributed by atoms with Gasteiger partial charge in [0.2, 0.25) is 11.8 Å². The lowest BCUT2D eigenvalue weighted by Gasteiger charge is -2.09. The number of para-hydroxylation sites is 1. The number of fused-ring (bicyclic) bond motifs is 5. The Labute approximate surface area is 105 Å². The molecular weight excluding hydrogens is 226 g/mol. The van der Waals surface area contributed by atoms with Crippen LogP contribution in [0.4, 0.5) is 0 Å². The molecule has 1 aromatic heterocycles. The van der Waals surface area contributed by atoms with Crippen LogP contribution in [0.3, 0.4) is 0 Å². The minimum Gasteiger partial charge on any atom is -0.494 e. The summed E-state index contributed by atoms with van der Waals surface area (Å²) in [6.45, 7) is 0. The molecule has 4 rings (SSSR count). The van der Waals surface area contributed by atoms with Gasteiger partial charge >= 0.3 is 0 Å². The van der Waals surface area contributed by atoms with Crippen molar-refractivity contribution < 1.29 is 10.2 Å². The molecule has 0 spiro atoms. The second-order valence-corrected chi connectivity index (χ2v) is 4.98. The molecule has 0 saturated heterocycles. The van der Waals surface area contributed by atoms with Crippen LogP contribution in [0.2, 0.25) is 0 Å². The summed E-state index contributed by atoms with van der Waals surface area (Å²) in [4.78, 5) is 0. The van der Waals surface area contributed by atoms with Gasteiger partial charge in [0.05, 0.1) is 5.69 Å². The fourth-order valence-corrected chi connectivity index (χ4v) is 3.26. The van der Waals surface area contributed by atoms with E-state index in [0.717, 1.165) is 23.2 Å². The molecule has 0 radical (unpaired) electrons. The Morgan fingerprint density at radius 2 is 1.44 bits per heavy atom.